The molecule has 1 amide bonds. The van der Waals surface area contributed by atoms with Gasteiger partial charge >= 0.3 is 5.97 Å². The molecule has 0 bridgehead atoms. The van der Waals surface area contributed by atoms with Gasteiger partial charge in [0.15, 0.2) is 0 Å². The van der Waals surface area contributed by atoms with Crippen LogP contribution in [0.1, 0.15) is 43.4 Å². The van der Waals surface area contributed by atoms with Gasteiger partial charge in [0.1, 0.15) is 6.10 Å². The van der Waals surface area contributed by atoms with Crippen LogP contribution in [0, 0.1) is 5.92 Å². The third-order valence-electron chi connectivity index (χ3n) is 4.27. The van der Waals surface area contributed by atoms with E-state index in [1.807, 2.05) is 31.2 Å². The van der Waals surface area contributed by atoms with Gasteiger partial charge < -0.3 is 10.1 Å². The molecule has 1 aliphatic rings. The van der Waals surface area contributed by atoms with Crippen LogP contribution in [0.25, 0.3) is 0 Å². The summed E-state index contributed by atoms with van der Waals surface area (Å²) in [6.45, 7) is 9.11. The Balaban J connectivity index is 2.11. The first-order valence-corrected chi connectivity index (χ1v) is 8.36. The molecule has 1 N–H and O–H groups in total. The number of esters is 1. The van der Waals surface area contributed by atoms with Crippen LogP contribution in [0.4, 0.5) is 0 Å². The van der Waals surface area contributed by atoms with Crippen molar-refractivity contribution < 1.29 is 14.3 Å². The summed E-state index contributed by atoms with van der Waals surface area (Å²) in [5.41, 5.74) is 2.14. The molecule has 4 nitrogen and oxygen atoms in total. The van der Waals surface area contributed by atoms with E-state index >= 15 is 0 Å². The smallest absolute Gasteiger partial charge is 0.309 e. The summed E-state index contributed by atoms with van der Waals surface area (Å²) < 4.78 is 5.70. The van der Waals surface area contributed by atoms with Crippen LogP contribution in [0.15, 0.2) is 49.6 Å². The second-order valence-electron chi connectivity index (χ2n) is 6.18. The van der Waals surface area contributed by atoms with Crippen molar-refractivity contribution in [2.24, 2.45) is 5.92 Å². The Morgan fingerprint density at radius 1 is 1.33 bits per heavy atom. The lowest BCUT2D eigenvalue weighted by atomic mass is 10.1. The summed E-state index contributed by atoms with van der Waals surface area (Å²) in [7, 11) is 0. The number of hydrogen-bond donors (Lipinski definition) is 1. The molecule has 128 valence electrons. The Morgan fingerprint density at radius 2 is 2.08 bits per heavy atom. The monoisotopic (exact) mass is 327 g/mol. The average molecular weight is 327 g/mol. The first kappa shape index (κ1) is 18.0. The largest absolute Gasteiger partial charge is 0.459 e. The van der Waals surface area contributed by atoms with E-state index in [1.54, 1.807) is 12.2 Å². The summed E-state index contributed by atoms with van der Waals surface area (Å²) >= 11 is 0. The maximum absolute atomic E-state index is 12.2. The average Bonchev–Trinajstić information content (AvgIpc) is 2.90. The standard InChI is InChI=1S/C20H25NO3/c1-4-6-12-18(22)21-19-16-11-8-7-10-15(16)13-17(19)24-20(23)14(3)9-5-2/h4-5,7-8,10-11,14,17,19H,1-2,6,9,12-13H2,3H3,(H,21,22)/t14?,17-,19+/m0/s1. The molecule has 1 aliphatic carbocycles. The molecule has 1 unspecified atom stereocenters. The summed E-state index contributed by atoms with van der Waals surface area (Å²) in [6, 6.07) is 7.60. The number of ether oxygens (including phenoxy) is 1. The Bertz CT molecular complexity index is 623. The number of fused-ring (bicyclic) bond motifs is 1. The normalized spacial score (nSPS) is 19.9. The van der Waals surface area contributed by atoms with Crippen LogP contribution in [-0.2, 0) is 20.7 Å². The van der Waals surface area contributed by atoms with E-state index in [1.165, 1.54) is 0 Å². The molecular weight excluding hydrogens is 302 g/mol. The summed E-state index contributed by atoms with van der Waals surface area (Å²) in [5, 5.41) is 3.01. The summed E-state index contributed by atoms with van der Waals surface area (Å²) in [4.78, 5) is 24.4. The molecule has 2 rings (SSSR count). The fourth-order valence-corrected chi connectivity index (χ4v) is 2.93. The topological polar surface area (TPSA) is 55.4 Å². The minimum absolute atomic E-state index is 0.0585. The number of rotatable bonds is 8. The molecule has 1 aromatic rings. The molecule has 1 aromatic carbocycles. The van der Waals surface area contributed by atoms with Gasteiger partial charge in [0.25, 0.3) is 0 Å². The number of hydrogen-bond acceptors (Lipinski definition) is 3. The van der Waals surface area contributed by atoms with Crippen LogP contribution in [0.2, 0.25) is 0 Å². The molecule has 0 radical (unpaired) electrons. The number of carbonyl (C=O) groups is 2. The lowest BCUT2D eigenvalue weighted by Gasteiger charge is -2.23. The fraction of sp³-hybridized carbons (Fsp3) is 0.400. The van der Waals surface area contributed by atoms with E-state index in [9.17, 15) is 9.59 Å². The van der Waals surface area contributed by atoms with Gasteiger partial charge in [-0.25, -0.2) is 0 Å². The van der Waals surface area contributed by atoms with Gasteiger partial charge in [-0.15, -0.1) is 13.2 Å². The predicted molar refractivity (Wildman–Crippen MR) is 94.3 cm³/mol. The second-order valence-corrected chi connectivity index (χ2v) is 6.18. The highest BCUT2D eigenvalue weighted by atomic mass is 16.5. The highest BCUT2D eigenvalue weighted by molar-refractivity contribution is 5.77. The zero-order valence-electron chi connectivity index (χ0n) is 14.2. The van der Waals surface area contributed by atoms with Crippen LogP contribution < -0.4 is 5.32 Å². The van der Waals surface area contributed by atoms with E-state index in [0.717, 1.165) is 11.1 Å². The number of carbonyl (C=O) groups excluding carboxylic acids is 2. The quantitative estimate of drug-likeness (QED) is 0.587. The molecule has 24 heavy (non-hydrogen) atoms. The first-order valence-electron chi connectivity index (χ1n) is 8.36. The van der Waals surface area contributed by atoms with Gasteiger partial charge in [-0.3, -0.25) is 9.59 Å². The molecule has 3 atom stereocenters. The van der Waals surface area contributed by atoms with E-state index in [4.69, 9.17) is 4.74 Å². The number of amides is 1. The molecule has 0 aromatic heterocycles. The van der Waals surface area contributed by atoms with Crippen molar-refractivity contribution in [2.45, 2.75) is 44.8 Å². The third kappa shape index (κ3) is 4.34. The van der Waals surface area contributed by atoms with Gasteiger partial charge in [0.05, 0.1) is 12.0 Å². The third-order valence-corrected chi connectivity index (χ3v) is 4.27. The molecule has 4 heteroatoms. The molecule has 0 spiro atoms. The van der Waals surface area contributed by atoms with Gasteiger partial charge in [-0.05, 0) is 24.0 Å². The lowest BCUT2D eigenvalue weighted by Crippen LogP contribution is -2.37. The summed E-state index contributed by atoms with van der Waals surface area (Å²) in [6.07, 6.45) is 5.27. The van der Waals surface area contributed by atoms with Crippen molar-refractivity contribution in [1.29, 1.82) is 0 Å². The predicted octanol–water partition coefficient (Wildman–Crippen LogP) is 3.49. The Hall–Kier alpha value is -2.36. The Kier molecular flexibility index (Phi) is 6.36. The van der Waals surface area contributed by atoms with Crippen molar-refractivity contribution in [2.75, 3.05) is 0 Å². The van der Waals surface area contributed by atoms with Gasteiger partial charge in [-0.2, -0.15) is 0 Å². The van der Waals surface area contributed by atoms with E-state index < -0.39 is 0 Å². The lowest BCUT2D eigenvalue weighted by molar-refractivity contribution is -0.155. The van der Waals surface area contributed by atoms with E-state index in [-0.39, 0.29) is 29.9 Å². The SMILES string of the molecule is C=CCCC(=O)N[C@@H]1c2ccccc2C[C@@H]1OC(=O)C(C)CC=C. The zero-order chi connectivity index (χ0) is 17.5. The van der Waals surface area contributed by atoms with Crippen molar-refractivity contribution in [3.8, 4) is 0 Å². The molecular formula is C20H25NO3. The molecule has 0 saturated carbocycles. The van der Waals surface area contributed by atoms with Crippen molar-refractivity contribution in [3.05, 3.63) is 60.7 Å². The fourth-order valence-electron chi connectivity index (χ4n) is 2.93. The van der Waals surface area contributed by atoms with Crippen molar-refractivity contribution >= 4 is 11.9 Å². The summed E-state index contributed by atoms with van der Waals surface area (Å²) in [5.74, 6) is -0.543. The van der Waals surface area contributed by atoms with Crippen LogP contribution in [-0.4, -0.2) is 18.0 Å². The highest BCUT2D eigenvalue weighted by Crippen LogP contribution is 2.34. The van der Waals surface area contributed by atoms with Crippen molar-refractivity contribution in [1.82, 2.24) is 5.32 Å². The van der Waals surface area contributed by atoms with E-state index in [2.05, 4.69) is 18.5 Å². The van der Waals surface area contributed by atoms with Crippen LogP contribution in [0.5, 0.6) is 0 Å². The first-order chi connectivity index (χ1) is 11.6. The maximum Gasteiger partial charge on any atom is 0.309 e. The maximum atomic E-state index is 12.2. The van der Waals surface area contributed by atoms with Gasteiger partial charge in [0.2, 0.25) is 5.91 Å². The molecule has 0 fully saturated rings. The highest BCUT2D eigenvalue weighted by Gasteiger charge is 2.36. The minimum atomic E-state index is -0.366. The van der Waals surface area contributed by atoms with Gasteiger partial charge in [0, 0.05) is 12.8 Å². The number of nitrogens with one attached hydrogen (secondary N) is 1. The molecule has 0 saturated heterocycles. The van der Waals surface area contributed by atoms with Crippen LogP contribution in [0.3, 0.4) is 0 Å². The second kappa shape index (κ2) is 8.48. The van der Waals surface area contributed by atoms with Crippen LogP contribution >= 0.6 is 0 Å². The molecule has 0 heterocycles. The number of benzene rings is 1. The minimum Gasteiger partial charge on any atom is -0.459 e. The Morgan fingerprint density at radius 3 is 2.79 bits per heavy atom. The van der Waals surface area contributed by atoms with Gasteiger partial charge in [-0.1, -0.05) is 43.3 Å². The van der Waals surface area contributed by atoms with E-state index in [0.29, 0.717) is 25.7 Å². The Labute approximate surface area is 143 Å². The van der Waals surface area contributed by atoms with Crippen molar-refractivity contribution in [3.63, 3.8) is 0 Å². The zero-order valence-corrected chi connectivity index (χ0v) is 14.2. The number of allylic oxidation sites excluding steroid dienone is 2. The molecule has 0 aliphatic heterocycles.